The second kappa shape index (κ2) is 7.53. The molecule has 1 amide bonds. The van der Waals surface area contributed by atoms with Crippen LogP contribution in [0.4, 0.5) is 15.8 Å². The minimum atomic E-state index is -1.42. The zero-order valence-corrected chi connectivity index (χ0v) is 14.0. The molecule has 0 aliphatic carbocycles. The minimum absolute atomic E-state index is 0.108. The number of ether oxygens (including phenoxy) is 1. The van der Waals surface area contributed by atoms with Crippen molar-refractivity contribution in [1.29, 1.82) is 0 Å². The molecule has 132 valence electrons. The molecule has 0 aromatic heterocycles. The first-order chi connectivity index (χ1) is 12.1. The van der Waals surface area contributed by atoms with Crippen molar-refractivity contribution < 1.29 is 19.0 Å². The lowest BCUT2D eigenvalue weighted by atomic mass is 10.1. The van der Waals surface area contributed by atoms with Crippen LogP contribution in [0.15, 0.2) is 42.5 Å². The average Bonchev–Trinajstić information content (AvgIpc) is 3.17. The molecule has 2 aromatic rings. The largest absolute Gasteiger partial charge is 0.497 e. The summed E-state index contributed by atoms with van der Waals surface area (Å²) in [7, 11) is 1.51. The van der Waals surface area contributed by atoms with E-state index in [1.165, 1.54) is 13.2 Å². The lowest BCUT2D eigenvalue weighted by Gasteiger charge is -2.22. The van der Waals surface area contributed by atoms with Gasteiger partial charge >= 0.3 is 0 Å². The van der Waals surface area contributed by atoms with Gasteiger partial charge in [-0.2, -0.15) is 0 Å². The van der Waals surface area contributed by atoms with E-state index in [1.54, 1.807) is 36.4 Å². The van der Waals surface area contributed by atoms with Crippen LogP contribution in [0.3, 0.4) is 0 Å². The number of carbonyl (C=O) groups excluding carboxylic acids is 1. The summed E-state index contributed by atoms with van der Waals surface area (Å²) in [5, 5.41) is 12.9. The van der Waals surface area contributed by atoms with Crippen LogP contribution in [-0.2, 0) is 4.79 Å². The Bertz CT molecular complexity index is 760. The summed E-state index contributed by atoms with van der Waals surface area (Å²) in [6, 6.07) is 11.3. The van der Waals surface area contributed by atoms with Crippen molar-refractivity contribution in [2.45, 2.75) is 18.9 Å². The van der Waals surface area contributed by atoms with Gasteiger partial charge in [0.05, 0.1) is 12.8 Å². The average molecular weight is 344 g/mol. The molecule has 1 heterocycles. The van der Waals surface area contributed by atoms with Crippen LogP contribution in [0, 0.1) is 5.82 Å². The van der Waals surface area contributed by atoms with E-state index < -0.39 is 17.8 Å². The SMILES string of the molecule is COc1cccc(C(O)C(=O)Nc2c(F)cccc2N2CCCC2)c1. The minimum Gasteiger partial charge on any atom is -0.497 e. The zero-order chi connectivity index (χ0) is 17.8. The molecule has 2 N–H and O–H groups in total. The highest BCUT2D eigenvalue weighted by Gasteiger charge is 2.23. The van der Waals surface area contributed by atoms with Crippen molar-refractivity contribution in [2.75, 3.05) is 30.4 Å². The van der Waals surface area contributed by atoms with Crippen LogP contribution in [-0.4, -0.2) is 31.2 Å². The molecule has 0 saturated carbocycles. The number of nitrogens with one attached hydrogen (secondary N) is 1. The molecular weight excluding hydrogens is 323 g/mol. The number of hydrogen-bond donors (Lipinski definition) is 2. The Morgan fingerprint density at radius 3 is 2.68 bits per heavy atom. The normalized spacial score (nSPS) is 15.1. The van der Waals surface area contributed by atoms with Gasteiger partial charge in [0.25, 0.3) is 5.91 Å². The Hall–Kier alpha value is -2.60. The molecular formula is C19H21FN2O3. The Morgan fingerprint density at radius 1 is 1.24 bits per heavy atom. The van der Waals surface area contributed by atoms with Crippen molar-refractivity contribution >= 4 is 17.3 Å². The molecule has 1 fully saturated rings. The van der Waals surface area contributed by atoms with E-state index in [9.17, 15) is 14.3 Å². The fraction of sp³-hybridized carbons (Fsp3) is 0.316. The van der Waals surface area contributed by atoms with E-state index in [-0.39, 0.29) is 5.69 Å². The molecule has 1 unspecified atom stereocenters. The number of methoxy groups -OCH3 is 1. The fourth-order valence-corrected chi connectivity index (χ4v) is 3.01. The van der Waals surface area contributed by atoms with E-state index in [0.717, 1.165) is 25.9 Å². The Kier molecular flexibility index (Phi) is 5.19. The van der Waals surface area contributed by atoms with Gasteiger partial charge in [-0.1, -0.05) is 18.2 Å². The number of anilines is 2. The van der Waals surface area contributed by atoms with E-state index in [0.29, 0.717) is 17.0 Å². The first-order valence-electron chi connectivity index (χ1n) is 8.26. The lowest BCUT2D eigenvalue weighted by Crippen LogP contribution is -2.25. The van der Waals surface area contributed by atoms with Gasteiger partial charge in [0.2, 0.25) is 0 Å². The molecule has 6 heteroatoms. The number of aliphatic hydroxyl groups is 1. The van der Waals surface area contributed by atoms with Gasteiger partial charge in [-0.25, -0.2) is 4.39 Å². The van der Waals surface area contributed by atoms with Crippen LogP contribution < -0.4 is 15.0 Å². The predicted octanol–water partition coefficient (Wildman–Crippen LogP) is 3.11. The number of hydrogen-bond acceptors (Lipinski definition) is 4. The second-order valence-electron chi connectivity index (χ2n) is 6.00. The van der Waals surface area contributed by atoms with Gasteiger partial charge in [-0.3, -0.25) is 4.79 Å². The summed E-state index contributed by atoms with van der Waals surface area (Å²) < 4.78 is 19.4. The predicted molar refractivity (Wildman–Crippen MR) is 94.4 cm³/mol. The number of halogens is 1. The van der Waals surface area contributed by atoms with Gasteiger partial charge in [-0.15, -0.1) is 0 Å². The van der Waals surface area contributed by atoms with E-state index >= 15 is 0 Å². The highest BCUT2D eigenvalue weighted by molar-refractivity contribution is 5.97. The highest BCUT2D eigenvalue weighted by Crippen LogP contribution is 2.32. The molecule has 3 rings (SSSR count). The first kappa shape index (κ1) is 17.2. The monoisotopic (exact) mass is 344 g/mol. The van der Waals surface area contributed by atoms with Crippen molar-refractivity contribution in [3.05, 3.63) is 53.8 Å². The maximum Gasteiger partial charge on any atom is 0.257 e. The molecule has 1 aliphatic rings. The summed E-state index contributed by atoms with van der Waals surface area (Å²) in [5.41, 5.74) is 1.14. The molecule has 1 saturated heterocycles. The van der Waals surface area contributed by atoms with E-state index in [4.69, 9.17) is 4.74 Å². The zero-order valence-electron chi connectivity index (χ0n) is 14.0. The maximum atomic E-state index is 14.3. The summed E-state index contributed by atoms with van der Waals surface area (Å²) in [6.45, 7) is 1.65. The third-order valence-corrected chi connectivity index (χ3v) is 4.34. The van der Waals surface area contributed by atoms with Crippen LogP contribution in [0.5, 0.6) is 5.75 Å². The Balaban J connectivity index is 1.82. The number of carbonyl (C=O) groups is 1. The molecule has 0 spiro atoms. The highest BCUT2D eigenvalue weighted by atomic mass is 19.1. The van der Waals surface area contributed by atoms with Gasteiger partial charge in [0, 0.05) is 13.1 Å². The molecule has 1 aliphatic heterocycles. The molecule has 1 atom stereocenters. The summed E-state index contributed by atoms with van der Waals surface area (Å²) in [4.78, 5) is 14.5. The molecule has 0 radical (unpaired) electrons. The smallest absolute Gasteiger partial charge is 0.257 e. The van der Waals surface area contributed by atoms with Crippen molar-refractivity contribution in [3.63, 3.8) is 0 Å². The molecule has 25 heavy (non-hydrogen) atoms. The van der Waals surface area contributed by atoms with Crippen LogP contribution in [0.2, 0.25) is 0 Å². The first-order valence-corrected chi connectivity index (χ1v) is 8.26. The molecule has 0 bridgehead atoms. The number of benzene rings is 2. The van der Waals surface area contributed by atoms with Crippen molar-refractivity contribution in [3.8, 4) is 5.75 Å². The summed E-state index contributed by atoms with van der Waals surface area (Å²) >= 11 is 0. The standard InChI is InChI=1S/C19H21FN2O3/c1-25-14-7-4-6-13(12-14)18(23)19(24)21-17-15(20)8-5-9-16(17)22-10-2-3-11-22/h4-9,12,18,23H,2-3,10-11H2,1H3,(H,21,24). The Labute approximate surface area is 146 Å². The number of rotatable bonds is 5. The lowest BCUT2D eigenvalue weighted by molar-refractivity contribution is -0.124. The number of aliphatic hydroxyl groups excluding tert-OH is 1. The third kappa shape index (κ3) is 3.74. The third-order valence-electron chi connectivity index (χ3n) is 4.34. The van der Waals surface area contributed by atoms with Crippen LogP contribution in [0.25, 0.3) is 0 Å². The number of amides is 1. The quantitative estimate of drug-likeness (QED) is 0.875. The van der Waals surface area contributed by atoms with Crippen LogP contribution >= 0.6 is 0 Å². The number of para-hydroxylation sites is 1. The van der Waals surface area contributed by atoms with Gasteiger partial charge < -0.3 is 20.1 Å². The number of nitrogens with zero attached hydrogens (tertiary/aromatic N) is 1. The van der Waals surface area contributed by atoms with E-state index in [2.05, 4.69) is 5.32 Å². The molecule has 5 nitrogen and oxygen atoms in total. The van der Waals surface area contributed by atoms with Gasteiger partial charge in [0.15, 0.2) is 6.10 Å². The van der Waals surface area contributed by atoms with Crippen molar-refractivity contribution in [1.82, 2.24) is 0 Å². The molecule has 2 aromatic carbocycles. The Morgan fingerprint density at radius 2 is 1.96 bits per heavy atom. The second-order valence-corrected chi connectivity index (χ2v) is 6.00. The fourth-order valence-electron chi connectivity index (χ4n) is 3.01. The van der Waals surface area contributed by atoms with Crippen molar-refractivity contribution in [2.24, 2.45) is 0 Å². The van der Waals surface area contributed by atoms with E-state index in [1.807, 2.05) is 4.90 Å². The van der Waals surface area contributed by atoms with Crippen LogP contribution in [0.1, 0.15) is 24.5 Å². The summed E-state index contributed by atoms with van der Waals surface area (Å²) in [5.74, 6) is -0.664. The van der Waals surface area contributed by atoms with Gasteiger partial charge in [0.1, 0.15) is 17.3 Å². The summed E-state index contributed by atoms with van der Waals surface area (Å²) in [6.07, 6.45) is 0.660. The maximum absolute atomic E-state index is 14.3. The topological polar surface area (TPSA) is 61.8 Å². The van der Waals surface area contributed by atoms with Gasteiger partial charge in [-0.05, 0) is 42.7 Å².